The zero-order valence-electron chi connectivity index (χ0n) is 15.6. The van der Waals surface area contributed by atoms with Gasteiger partial charge in [-0.1, -0.05) is 62.1 Å². The Balaban J connectivity index is 1.59. The minimum Gasteiger partial charge on any atom is -0.352 e. The fourth-order valence-electron chi connectivity index (χ4n) is 4.29. The zero-order chi connectivity index (χ0) is 18.6. The summed E-state index contributed by atoms with van der Waals surface area (Å²) in [6, 6.07) is 16.8. The van der Waals surface area contributed by atoms with Crippen LogP contribution < -0.4 is 10.2 Å². The number of amides is 2. The monoisotopic (exact) mass is 362 g/mol. The van der Waals surface area contributed by atoms with Crippen molar-refractivity contribution < 1.29 is 9.59 Å². The number of fused-ring (bicyclic) bond motifs is 1. The second kappa shape index (κ2) is 7.95. The smallest absolute Gasteiger partial charge is 0.259 e. The first-order valence-electron chi connectivity index (χ1n) is 10.0. The third-order valence-electron chi connectivity index (χ3n) is 5.72. The summed E-state index contributed by atoms with van der Waals surface area (Å²) in [6.07, 6.45) is 7.49. The van der Waals surface area contributed by atoms with Gasteiger partial charge in [-0.15, -0.1) is 0 Å². The van der Waals surface area contributed by atoms with Crippen molar-refractivity contribution in [1.82, 2.24) is 5.32 Å². The van der Waals surface area contributed by atoms with Crippen molar-refractivity contribution in [3.8, 4) is 0 Å². The van der Waals surface area contributed by atoms with Crippen LogP contribution in [-0.2, 0) is 11.2 Å². The summed E-state index contributed by atoms with van der Waals surface area (Å²) in [5, 5.41) is 3.24. The number of benzene rings is 2. The van der Waals surface area contributed by atoms with Crippen LogP contribution in [-0.4, -0.2) is 23.9 Å². The summed E-state index contributed by atoms with van der Waals surface area (Å²) >= 11 is 0. The molecule has 2 aromatic carbocycles. The number of carbonyl (C=O) groups is 2. The average molecular weight is 362 g/mol. The largest absolute Gasteiger partial charge is 0.352 e. The molecule has 2 aliphatic rings. The van der Waals surface area contributed by atoms with Crippen LogP contribution in [0.25, 0.3) is 0 Å². The van der Waals surface area contributed by atoms with E-state index < -0.39 is 6.04 Å². The van der Waals surface area contributed by atoms with Gasteiger partial charge in [-0.2, -0.15) is 0 Å². The van der Waals surface area contributed by atoms with E-state index in [4.69, 9.17) is 0 Å². The molecule has 1 heterocycles. The predicted octanol–water partition coefficient (Wildman–Crippen LogP) is 4.10. The first kappa shape index (κ1) is 17.8. The van der Waals surface area contributed by atoms with Gasteiger partial charge in [0.25, 0.3) is 5.91 Å². The molecule has 0 unspecified atom stereocenters. The van der Waals surface area contributed by atoms with Gasteiger partial charge in [0, 0.05) is 23.7 Å². The molecule has 1 saturated carbocycles. The van der Waals surface area contributed by atoms with Crippen molar-refractivity contribution in [1.29, 1.82) is 0 Å². The number of hydrogen-bond donors (Lipinski definition) is 1. The summed E-state index contributed by atoms with van der Waals surface area (Å²) in [5.74, 6) is -0.135. The molecule has 0 spiro atoms. The molecule has 4 heteroatoms. The molecule has 1 aliphatic heterocycles. The summed E-state index contributed by atoms with van der Waals surface area (Å²) in [6.45, 7) is 0. The number of anilines is 1. The first-order chi connectivity index (χ1) is 13.2. The van der Waals surface area contributed by atoms with Gasteiger partial charge >= 0.3 is 0 Å². The maximum atomic E-state index is 13.2. The maximum absolute atomic E-state index is 13.2. The lowest BCUT2D eigenvalue weighted by Gasteiger charge is -2.27. The first-order valence-corrected chi connectivity index (χ1v) is 10.0. The van der Waals surface area contributed by atoms with Crippen molar-refractivity contribution in [3.63, 3.8) is 0 Å². The molecule has 4 nitrogen and oxygen atoms in total. The molecule has 2 aromatic rings. The number of nitrogens with one attached hydrogen (secondary N) is 1. The molecule has 140 valence electrons. The number of nitrogens with zero attached hydrogens (tertiary/aromatic N) is 1. The number of para-hydroxylation sites is 1. The molecule has 27 heavy (non-hydrogen) atoms. The van der Waals surface area contributed by atoms with Crippen LogP contribution in [0.5, 0.6) is 0 Å². The van der Waals surface area contributed by atoms with E-state index in [-0.39, 0.29) is 17.9 Å². The van der Waals surface area contributed by atoms with Crippen molar-refractivity contribution in [3.05, 3.63) is 65.7 Å². The van der Waals surface area contributed by atoms with Crippen LogP contribution in [0.3, 0.4) is 0 Å². The fourth-order valence-corrected chi connectivity index (χ4v) is 4.29. The summed E-state index contributed by atoms with van der Waals surface area (Å²) in [7, 11) is 0. The fraction of sp³-hybridized carbons (Fsp3) is 0.391. The van der Waals surface area contributed by atoms with Crippen LogP contribution >= 0.6 is 0 Å². The molecular formula is C23H26N2O2. The third-order valence-corrected chi connectivity index (χ3v) is 5.72. The van der Waals surface area contributed by atoms with E-state index in [1.54, 1.807) is 4.90 Å². The Labute approximate surface area is 160 Å². The normalized spacial score (nSPS) is 20.0. The van der Waals surface area contributed by atoms with E-state index in [0.717, 1.165) is 24.1 Å². The van der Waals surface area contributed by atoms with Crippen LogP contribution in [0.2, 0.25) is 0 Å². The average Bonchev–Trinajstić information content (AvgIpc) is 2.91. The molecule has 0 saturated heterocycles. The lowest BCUT2D eigenvalue weighted by Crippen LogP contribution is -2.50. The SMILES string of the molecule is O=C(NC1CCCCCC1)[C@H]1Cc2ccccc2N1C(=O)c1ccccc1. The molecule has 4 rings (SSSR count). The quantitative estimate of drug-likeness (QED) is 0.836. The molecule has 1 fully saturated rings. The van der Waals surface area contributed by atoms with E-state index in [1.165, 1.54) is 25.7 Å². The standard InChI is InChI=1S/C23H26N2O2/c26-22(24-19-13-6-1-2-7-14-19)21-16-18-12-8-9-15-20(18)25(21)23(27)17-10-4-3-5-11-17/h3-5,8-12,15,19,21H,1-2,6-7,13-14,16H2,(H,24,26)/t21-/m1/s1. The summed E-state index contributed by atoms with van der Waals surface area (Å²) in [4.78, 5) is 28.0. The topological polar surface area (TPSA) is 49.4 Å². The van der Waals surface area contributed by atoms with Crippen molar-refractivity contribution >= 4 is 17.5 Å². The van der Waals surface area contributed by atoms with Gasteiger partial charge in [-0.25, -0.2) is 0 Å². The van der Waals surface area contributed by atoms with Gasteiger partial charge in [0.05, 0.1) is 0 Å². The summed E-state index contributed by atoms with van der Waals surface area (Å²) < 4.78 is 0. The lowest BCUT2D eigenvalue weighted by atomic mass is 10.1. The van der Waals surface area contributed by atoms with Crippen molar-refractivity contribution in [2.24, 2.45) is 0 Å². The van der Waals surface area contributed by atoms with E-state index in [1.807, 2.05) is 54.6 Å². The second-order valence-electron chi connectivity index (χ2n) is 7.59. The van der Waals surface area contributed by atoms with E-state index in [0.29, 0.717) is 12.0 Å². The van der Waals surface area contributed by atoms with Crippen molar-refractivity contribution in [2.45, 2.75) is 57.0 Å². The molecule has 0 aromatic heterocycles. The van der Waals surface area contributed by atoms with Gasteiger partial charge in [-0.3, -0.25) is 14.5 Å². The van der Waals surface area contributed by atoms with E-state index in [2.05, 4.69) is 5.32 Å². The van der Waals surface area contributed by atoms with Gasteiger partial charge in [0.15, 0.2) is 0 Å². The van der Waals surface area contributed by atoms with Crippen LogP contribution in [0.4, 0.5) is 5.69 Å². The minimum atomic E-state index is -0.474. The molecule has 0 bridgehead atoms. The van der Waals surface area contributed by atoms with Crippen LogP contribution in [0.1, 0.15) is 54.4 Å². The zero-order valence-corrected chi connectivity index (χ0v) is 15.6. The summed E-state index contributed by atoms with van der Waals surface area (Å²) in [5.41, 5.74) is 2.52. The number of hydrogen-bond acceptors (Lipinski definition) is 2. The third kappa shape index (κ3) is 3.75. The Bertz CT molecular complexity index is 810. The van der Waals surface area contributed by atoms with Gasteiger partial charge in [-0.05, 0) is 36.6 Å². The molecule has 0 radical (unpaired) electrons. The van der Waals surface area contributed by atoms with Crippen LogP contribution in [0.15, 0.2) is 54.6 Å². The molecular weight excluding hydrogens is 336 g/mol. The highest BCUT2D eigenvalue weighted by atomic mass is 16.2. The van der Waals surface area contributed by atoms with E-state index in [9.17, 15) is 9.59 Å². The maximum Gasteiger partial charge on any atom is 0.259 e. The highest BCUT2D eigenvalue weighted by Gasteiger charge is 2.39. The Morgan fingerprint density at radius 1 is 0.852 bits per heavy atom. The van der Waals surface area contributed by atoms with Crippen molar-refractivity contribution in [2.75, 3.05) is 4.90 Å². The second-order valence-corrected chi connectivity index (χ2v) is 7.59. The Kier molecular flexibility index (Phi) is 5.23. The highest BCUT2D eigenvalue weighted by Crippen LogP contribution is 2.33. The lowest BCUT2D eigenvalue weighted by molar-refractivity contribution is -0.123. The Morgan fingerprint density at radius 3 is 2.26 bits per heavy atom. The molecule has 2 amide bonds. The predicted molar refractivity (Wildman–Crippen MR) is 107 cm³/mol. The van der Waals surface area contributed by atoms with Crippen LogP contribution in [0, 0.1) is 0 Å². The van der Waals surface area contributed by atoms with E-state index >= 15 is 0 Å². The Morgan fingerprint density at radius 2 is 1.52 bits per heavy atom. The number of carbonyl (C=O) groups excluding carboxylic acids is 2. The number of rotatable bonds is 3. The molecule has 1 N–H and O–H groups in total. The van der Waals surface area contributed by atoms with Gasteiger partial charge < -0.3 is 5.32 Å². The highest BCUT2D eigenvalue weighted by molar-refractivity contribution is 6.11. The molecule has 1 aliphatic carbocycles. The van der Waals surface area contributed by atoms with Gasteiger partial charge in [0.1, 0.15) is 6.04 Å². The minimum absolute atomic E-state index is 0.0256. The Hall–Kier alpha value is -2.62. The van der Waals surface area contributed by atoms with Gasteiger partial charge in [0.2, 0.25) is 5.91 Å². The molecule has 1 atom stereocenters.